The van der Waals surface area contributed by atoms with E-state index in [1.165, 1.54) is 0 Å². The lowest BCUT2D eigenvalue weighted by Gasteiger charge is -2.49. The molecule has 0 aromatic rings. The summed E-state index contributed by atoms with van der Waals surface area (Å²) in [6.45, 7) is 18.3. The molecule has 1 fully saturated rings. The third-order valence-electron chi connectivity index (χ3n) is 6.17. The van der Waals surface area contributed by atoms with Gasteiger partial charge in [0.1, 0.15) is 6.10 Å². The van der Waals surface area contributed by atoms with Crippen molar-refractivity contribution < 1.29 is 34.3 Å². The molecule has 1 heterocycles. The van der Waals surface area contributed by atoms with Gasteiger partial charge < -0.3 is 44.9 Å². The first-order chi connectivity index (χ1) is 15.6. The molecule has 9 nitrogen and oxygen atoms in total. The van der Waals surface area contributed by atoms with Crippen LogP contribution in [0, 0.1) is 5.92 Å². The van der Waals surface area contributed by atoms with Gasteiger partial charge in [0.15, 0.2) is 6.29 Å². The summed E-state index contributed by atoms with van der Waals surface area (Å²) < 4.78 is 24.3. The van der Waals surface area contributed by atoms with Crippen molar-refractivity contribution in [2.24, 2.45) is 11.7 Å². The zero-order chi connectivity index (χ0) is 27.4. The Morgan fingerprint density at radius 2 is 1.49 bits per heavy atom. The molecule has 0 amide bonds. The third kappa shape index (κ3) is 11.7. The molecule has 9 heteroatoms. The molecular formula is C26H54N2O7. The number of nitrogens with zero attached hydrogens (tertiary/aromatic N) is 1. The van der Waals surface area contributed by atoms with Crippen LogP contribution in [0.4, 0.5) is 0 Å². The molecule has 1 aliphatic heterocycles. The lowest BCUT2D eigenvalue weighted by Crippen LogP contribution is -2.65. The predicted molar refractivity (Wildman–Crippen MR) is 137 cm³/mol. The molecule has 0 radical (unpaired) electrons. The summed E-state index contributed by atoms with van der Waals surface area (Å²) in [5, 5.41) is 31.8. The van der Waals surface area contributed by atoms with Crippen LogP contribution in [0.5, 0.6) is 0 Å². The summed E-state index contributed by atoms with van der Waals surface area (Å²) >= 11 is 0. The van der Waals surface area contributed by atoms with E-state index in [0.29, 0.717) is 26.0 Å². The molecule has 0 aromatic heterocycles. The molecule has 0 aromatic carbocycles. The summed E-state index contributed by atoms with van der Waals surface area (Å²) in [6.07, 6.45) is -3.21. The summed E-state index contributed by atoms with van der Waals surface area (Å²) in [5.74, 6) is -0.554. The molecule has 6 atom stereocenters. The number of hydrogen-bond donors (Lipinski definition) is 4. The fourth-order valence-electron chi connectivity index (χ4n) is 4.50. The van der Waals surface area contributed by atoms with Gasteiger partial charge >= 0.3 is 0 Å². The van der Waals surface area contributed by atoms with Crippen molar-refractivity contribution in [3.05, 3.63) is 0 Å². The van der Waals surface area contributed by atoms with Gasteiger partial charge in [-0.2, -0.15) is 0 Å². The van der Waals surface area contributed by atoms with E-state index in [1.54, 1.807) is 13.8 Å². The van der Waals surface area contributed by atoms with Gasteiger partial charge in [-0.25, -0.2) is 0 Å². The van der Waals surface area contributed by atoms with E-state index in [2.05, 4.69) is 0 Å². The van der Waals surface area contributed by atoms with E-state index in [1.807, 2.05) is 67.5 Å². The molecular weight excluding hydrogens is 452 g/mol. The Morgan fingerprint density at radius 1 is 0.914 bits per heavy atom. The lowest BCUT2D eigenvalue weighted by atomic mass is 9.76. The minimum Gasteiger partial charge on any atom is -0.392 e. The minimum atomic E-state index is -1.22. The Morgan fingerprint density at radius 3 is 1.97 bits per heavy atom. The van der Waals surface area contributed by atoms with Crippen molar-refractivity contribution in [2.45, 2.75) is 128 Å². The predicted octanol–water partition coefficient (Wildman–Crippen LogP) is 1.89. The van der Waals surface area contributed by atoms with Crippen LogP contribution in [0.1, 0.15) is 75.2 Å². The van der Waals surface area contributed by atoms with Gasteiger partial charge in [-0.05, 0) is 82.8 Å². The highest BCUT2D eigenvalue weighted by atomic mass is 16.7. The molecule has 210 valence electrons. The molecule has 1 aliphatic rings. The molecule has 0 saturated carbocycles. The molecule has 0 aliphatic carbocycles. The van der Waals surface area contributed by atoms with Gasteiger partial charge in [0.05, 0.1) is 48.3 Å². The number of aliphatic hydroxyl groups is 3. The Kier molecular flexibility index (Phi) is 11.6. The van der Waals surface area contributed by atoms with Gasteiger partial charge in [0.2, 0.25) is 0 Å². The molecule has 35 heavy (non-hydrogen) atoms. The van der Waals surface area contributed by atoms with Crippen molar-refractivity contribution in [1.29, 1.82) is 0 Å². The van der Waals surface area contributed by atoms with E-state index in [-0.39, 0.29) is 6.61 Å². The average Bonchev–Trinajstić information content (AvgIpc) is 2.60. The Labute approximate surface area is 213 Å². The minimum absolute atomic E-state index is 0.178. The van der Waals surface area contributed by atoms with E-state index in [9.17, 15) is 15.3 Å². The van der Waals surface area contributed by atoms with Crippen LogP contribution < -0.4 is 5.73 Å². The Balaban J connectivity index is 2.76. The standard InChI is InChI=1S/C26H54N2O7/c1-23(2,3)35-22-21(31)20(30)19(26(8,9)27)18(34-22)16-33-24(4,5)12-13-32-25(6,7)14-17(29)15-28(10)11/h17-22,29-31H,12-16,27H2,1-11H3/t17?,18?,19?,20-,21+,22-/m0/s1. The van der Waals surface area contributed by atoms with Crippen LogP contribution in [0.3, 0.4) is 0 Å². The van der Waals surface area contributed by atoms with Crippen molar-refractivity contribution >= 4 is 0 Å². The van der Waals surface area contributed by atoms with Gasteiger partial charge in [-0.1, -0.05) is 0 Å². The quantitative estimate of drug-likeness (QED) is 0.296. The van der Waals surface area contributed by atoms with Crippen LogP contribution in [0.25, 0.3) is 0 Å². The van der Waals surface area contributed by atoms with Crippen LogP contribution in [-0.2, 0) is 18.9 Å². The first-order valence-corrected chi connectivity index (χ1v) is 12.7. The van der Waals surface area contributed by atoms with Crippen molar-refractivity contribution in [1.82, 2.24) is 4.90 Å². The number of nitrogens with two attached hydrogens (primary N) is 1. The molecule has 3 unspecified atom stereocenters. The summed E-state index contributed by atoms with van der Waals surface area (Å²) in [6, 6.07) is 0. The molecule has 1 saturated heterocycles. The Bertz CT molecular complexity index is 626. The largest absolute Gasteiger partial charge is 0.392 e. The van der Waals surface area contributed by atoms with E-state index >= 15 is 0 Å². The zero-order valence-corrected chi connectivity index (χ0v) is 24.0. The average molecular weight is 507 g/mol. The van der Waals surface area contributed by atoms with Crippen molar-refractivity contribution in [3.8, 4) is 0 Å². The lowest BCUT2D eigenvalue weighted by molar-refractivity contribution is -0.321. The SMILES string of the molecule is CN(C)CC(O)CC(C)(C)OCCC(C)(C)OCC1O[C@@H](OC(C)(C)C)[C@H](O)[C@@H](O)C1C(C)(C)N. The van der Waals surface area contributed by atoms with Crippen molar-refractivity contribution in [2.75, 3.05) is 33.9 Å². The fraction of sp³-hybridized carbons (Fsp3) is 1.00. The summed E-state index contributed by atoms with van der Waals surface area (Å²) in [4.78, 5) is 1.95. The van der Waals surface area contributed by atoms with E-state index in [0.717, 1.165) is 0 Å². The number of ether oxygens (including phenoxy) is 4. The topological polar surface area (TPSA) is 127 Å². The maximum Gasteiger partial charge on any atom is 0.187 e. The fourth-order valence-corrected chi connectivity index (χ4v) is 4.50. The molecule has 0 bridgehead atoms. The van der Waals surface area contributed by atoms with Crippen molar-refractivity contribution in [3.63, 3.8) is 0 Å². The maximum atomic E-state index is 10.9. The second-order valence-electron chi connectivity index (χ2n) is 13.2. The smallest absolute Gasteiger partial charge is 0.187 e. The van der Waals surface area contributed by atoms with Gasteiger partial charge in [-0.15, -0.1) is 0 Å². The highest BCUT2D eigenvalue weighted by molar-refractivity contribution is 4.99. The van der Waals surface area contributed by atoms with E-state index in [4.69, 9.17) is 24.7 Å². The molecule has 0 spiro atoms. The number of rotatable bonds is 13. The second-order valence-corrected chi connectivity index (χ2v) is 13.2. The third-order valence-corrected chi connectivity index (χ3v) is 6.17. The molecule has 5 N–H and O–H groups in total. The maximum absolute atomic E-state index is 10.9. The van der Waals surface area contributed by atoms with E-state index < -0.39 is 59.0 Å². The van der Waals surface area contributed by atoms with Crippen LogP contribution in [-0.4, -0.2) is 107 Å². The van der Waals surface area contributed by atoms with Crippen LogP contribution in [0.2, 0.25) is 0 Å². The summed E-state index contributed by atoms with van der Waals surface area (Å²) in [5.41, 5.74) is 3.99. The first kappa shape index (κ1) is 32.7. The first-order valence-electron chi connectivity index (χ1n) is 12.7. The van der Waals surface area contributed by atoms with Crippen LogP contribution >= 0.6 is 0 Å². The number of likely N-dealkylation sites (N-methyl/N-ethyl adjacent to an activating group) is 1. The van der Waals surface area contributed by atoms with Gasteiger partial charge in [-0.3, -0.25) is 0 Å². The number of hydrogen-bond acceptors (Lipinski definition) is 9. The van der Waals surface area contributed by atoms with Gasteiger partial charge in [0.25, 0.3) is 0 Å². The second kappa shape index (κ2) is 12.5. The summed E-state index contributed by atoms with van der Waals surface area (Å²) in [7, 11) is 3.86. The highest BCUT2D eigenvalue weighted by Crippen LogP contribution is 2.35. The normalized spacial score (nSPS) is 27.9. The zero-order valence-electron chi connectivity index (χ0n) is 24.0. The Hall–Kier alpha value is -0.360. The molecule has 1 rings (SSSR count). The number of aliphatic hydroxyl groups excluding tert-OH is 3. The van der Waals surface area contributed by atoms with Crippen LogP contribution in [0.15, 0.2) is 0 Å². The monoisotopic (exact) mass is 506 g/mol. The highest BCUT2D eigenvalue weighted by Gasteiger charge is 2.51. The van der Waals surface area contributed by atoms with Gasteiger partial charge in [0, 0.05) is 24.4 Å².